The summed E-state index contributed by atoms with van der Waals surface area (Å²) in [5.74, 6) is 0.156. The van der Waals surface area contributed by atoms with Crippen LogP contribution in [0.25, 0.3) is 11.4 Å². The Bertz CT molecular complexity index is 1270. The Kier molecular flexibility index (Phi) is 10.5. The fourth-order valence-electron chi connectivity index (χ4n) is 4.54. The van der Waals surface area contributed by atoms with Gasteiger partial charge in [0.25, 0.3) is 0 Å². The van der Waals surface area contributed by atoms with Gasteiger partial charge in [0, 0.05) is 32.2 Å². The summed E-state index contributed by atoms with van der Waals surface area (Å²) in [5.41, 5.74) is 3.39. The topological polar surface area (TPSA) is 137 Å². The Hall–Kier alpha value is -3.96. The first-order chi connectivity index (χ1) is 19.5. The Labute approximate surface area is 233 Å². The maximum absolute atomic E-state index is 12.2. The minimum absolute atomic E-state index is 0.0937. The Morgan fingerprint density at radius 1 is 1.15 bits per heavy atom. The first-order valence-electron chi connectivity index (χ1n) is 13.6. The van der Waals surface area contributed by atoms with Crippen LogP contribution in [0.5, 0.6) is 5.75 Å². The van der Waals surface area contributed by atoms with E-state index >= 15 is 0 Å². The van der Waals surface area contributed by atoms with E-state index in [2.05, 4.69) is 20.5 Å². The van der Waals surface area contributed by atoms with Crippen molar-refractivity contribution in [2.75, 3.05) is 26.1 Å². The highest BCUT2D eigenvalue weighted by Crippen LogP contribution is 2.30. The zero-order valence-corrected chi connectivity index (χ0v) is 23.0. The second-order valence-electron chi connectivity index (χ2n) is 9.57. The molecule has 1 saturated heterocycles. The van der Waals surface area contributed by atoms with Crippen LogP contribution in [-0.2, 0) is 25.6 Å². The average molecular weight is 552 g/mol. The lowest BCUT2D eigenvalue weighted by Gasteiger charge is -2.24. The van der Waals surface area contributed by atoms with Crippen LogP contribution in [0.2, 0.25) is 0 Å². The van der Waals surface area contributed by atoms with Crippen LogP contribution in [-0.4, -0.2) is 52.6 Å². The number of rotatable bonds is 13. The van der Waals surface area contributed by atoms with Gasteiger partial charge in [-0.05, 0) is 68.0 Å². The molecule has 2 unspecified atom stereocenters. The van der Waals surface area contributed by atoms with E-state index in [0.29, 0.717) is 61.7 Å². The summed E-state index contributed by atoms with van der Waals surface area (Å²) in [5, 5.41) is 21.4. The number of pyridine rings is 1. The molecule has 1 aromatic carbocycles. The van der Waals surface area contributed by atoms with E-state index in [-0.39, 0.29) is 18.1 Å². The van der Waals surface area contributed by atoms with Gasteiger partial charge in [-0.2, -0.15) is 5.10 Å². The highest BCUT2D eigenvalue weighted by atomic mass is 16.5. The molecule has 1 aliphatic rings. The van der Waals surface area contributed by atoms with E-state index in [0.717, 1.165) is 30.5 Å². The predicted molar refractivity (Wildman–Crippen MR) is 148 cm³/mol. The van der Waals surface area contributed by atoms with Crippen LogP contribution in [0.1, 0.15) is 68.7 Å². The van der Waals surface area contributed by atoms with Crippen LogP contribution in [0.4, 0.5) is 5.69 Å². The molecular formula is C29H37N5O6. The summed E-state index contributed by atoms with van der Waals surface area (Å²) in [6, 6.07) is 12.8. The number of methoxy groups -OCH3 is 2. The van der Waals surface area contributed by atoms with Gasteiger partial charge >= 0.3 is 5.97 Å². The number of amides is 1. The SMILES string of the molecule is COC(=O)CCCCC(=O)NCc1ccc(NC(O)c2cccc(-c3ccnn3C3CCCCO3)n2)c(OC)c1. The van der Waals surface area contributed by atoms with E-state index in [4.69, 9.17) is 14.5 Å². The lowest BCUT2D eigenvalue weighted by molar-refractivity contribution is -0.140. The van der Waals surface area contributed by atoms with E-state index in [1.165, 1.54) is 7.11 Å². The maximum atomic E-state index is 12.2. The zero-order valence-electron chi connectivity index (χ0n) is 23.0. The largest absolute Gasteiger partial charge is 0.495 e. The quantitative estimate of drug-likeness (QED) is 0.163. The van der Waals surface area contributed by atoms with Crippen LogP contribution >= 0.6 is 0 Å². The molecule has 0 saturated carbocycles. The normalized spacial score (nSPS) is 15.7. The van der Waals surface area contributed by atoms with Gasteiger partial charge in [0.05, 0.1) is 37.0 Å². The van der Waals surface area contributed by atoms with Crippen molar-refractivity contribution in [2.45, 2.75) is 63.9 Å². The Morgan fingerprint density at radius 3 is 2.77 bits per heavy atom. The number of ether oxygens (including phenoxy) is 3. The molecule has 0 aliphatic carbocycles. The fraction of sp³-hybridized carbons (Fsp3) is 0.448. The average Bonchev–Trinajstić information content (AvgIpc) is 3.49. The molecule has 0 spiro atoms. The number of unbranched alkanes of at least 4 members (excludes halogenated alkanes) is 1. The van der Waals surface area contributed by atoms with Crippen molar-refractivity contribution in [1.29, 1.82) is 0 Å². The van der Waals surface area contributed by atoms with E-state index < -0.39 is 6.23 Å². The summed E-state index contributed by atoms with van der Waals surface area (Å²) in [4.78, 5) is 28.0. The summed E-state index contributed by atoms with van der Waals surface area (Å²) in [6.07, 6.45) is 5.42. The number of hydrogen-bond donors (Lipinski definition) is 3. The first kappa shape index (κ1) is 29.0. The molecule has 1 amide bonds. The number of aliphatic hydroxyl groups excluding tert-OH is 1. The number of anilines is 1. The van der Waals surface area contributed by atoms with Gasteiger partial charge in [-0.3, -0.25) is 9.59 Å². The van der Waals surface area contributed by atoms with E-state index in [9.17, 15) is 14.7 Å². The van der Waals surface area contributed by atoms with Crippen LogP contribution in [0, 0.1) is 0 Å². The number of carbonyl (C=O) groups excluding carboxylic acids is 2. The monoisotopic (exact) mass is 551 g/mol. The number of aromatic nitrogens is 3. The highest BCUT2D eigenvalue weighted by Gasteiger charge is 2.21. The molecule has 40 heavy (non-hydrogen) atoms. The highest BCUT2D eigenvalue weighted by molar-refractivity contribution is 5.76. The van der Waals surface area contributed by atoms with Crippen LogP contribution in [0.15, 0.2) is 48.7 Å². The zero-order chi connectivity index (χ0) is 28.3. The molecule has 2 atom stereocenters. The summed E-state index contributed by atoms with van der Waals surface area (Å²) >= 11 is 0. The van der Waals surface area contributed by atoms with Gasteiger partial charge in [0.15, 0.2) is 12.5 Å². The second-order valence-corrected chi connectivity index (χ2v) is 9.57. The minimum Gasteiger partial charge on any atom is -0.495 e. The summed E-state index contributed by atoms with van der Waals surface area (Å²) < 4.78 is 17.9. The molecule has 0 bridgehead atoms. The van der Waals surface area contributed by atoms with Crippen molar-refractivity contribution in [1.82, 2.24) is 20.1 Å². The molecule has 3 N–H and O–H groups in total. The summed E-state index contributed by atoms with van der Waals surface area (Å²) in [7, 11) is 2.90. The van der Waals surface area contributed by atoms with Crippen LogP contribution < -0.4 is 15.4 Å². The summed E-state index contributed by atoms with van der Waals surface area (Å²) in [6.45, 7) is 1.04. The van der Waals surface area contributed by atoms with Gasteiger partial charge in [-0.15, -0.1) is 0 Å². The molecule has 214 valence electrons. The molecule has 3 heterocycles. The van der Waals surface area contributed by atoms with Crippen molar-refractivity contribution in [3.8, 4) is 17.1 Å². The molecule has 1 aliphatic heterocycles. The van der Waals surface area contributed by atoms with Crippen molar-refractivity contribution in [2.24, 2.45) is 0 Å². The lowest BCUT2D eigenvalue weighted by atomic mass is 10.1. The number of aliphatic hydroxyl groups is 1. The Balaban J connectivity index is 1.35. The molecule has 1 fully saturated rings. The standard InChI is InChI=1S/C29H37N5O6/c1-38-25-18-20(19-30-26(35)10-3-4-12-28(36)39-2)13-14-22(25)33-29(37)23-9-7-8-21(32-23)24-15-16-31-34(24)27-11-5-6-17-40-27/h7-9,13-16,18,27,29,33,37H,3-6,10-12,17,19H2,1-2H3,(H,30,35). The molecule has 2 aromatic heterocycles. The van der Waals surface area contributed by atoms with Crippen molar-refractivity contribution < 1.29 is 28.9 Å². The fourth-order valence-corrected chi connectivity index (χ4v) is 4.54. The van der Waals surface area contributed by atoms with Crippen LogP contribution in [0.3, 0.4) is 0 Å². The van der Waals surface area contributed by atoms with E-state index in [1.54, 1.807) is 31.5 Å². The molecule has 11 heteroatoms. The third kappa shape index (κ3) is 7.80. The molecule has 11 nitrogen and oxygen atoms in total. The smallest absolute Gasteiger partial charge is 0.305 e. The predicted octanol–water partition coefficient (Wildman–Crippen LogP) is 4.11. The number of benzene rings is 1. The van der Waals surface area contributed by atoms with Gasteiger partial charge in [0.1, 0.15) is 5.75 Å². The number of esters is 1. The van der Waals surface area contributed by atoms with Gasteiger partial charge in [0.2, 0.25) is 5.91 Å². The lowest BCUT2D eigenvalue weighted by Crippen LogP contribution is -2.22. The van der Waals surface area contributed by atoms with E-state index in [1.807, 2.05) is 28.9 Å². The van der Waals surface area contributed by atoms with Crippen molar-refractivity contribution in [3.05, 3.63) is 59.9 Å². The third-order valence-electron chi connectivity index (χ3n) is 6.72. The second kappa shape index (κ2) is 14.4. The van der Waals surface area contributed by atoms with Crippen molar-refractivity contribution in [3.63, 3.8) is 0 Å². The number of hydrogen-bond acceptors (Lipinski definition) is 9. The first-order valence-corrected chi connectivity index (χ1v) is 13.6. The number of nitrogens with one attached hydrogen (secondary N) is 2. The minimum atomic E-state index is -1.09. The molecule has 4 rings (SSSR count). The number of nitrogens with zero attached hydrogens (tertiary/aromatic N) is 3. The third-order valence-corrected chi connectivity index (χ3v) is 6.72. The molecular weight excluding hydrogens is 514 g/mol. The molecule has 3 aromatic rings. The number of carbonyl (C=O) groups is 2. The van der Waals surface area contributed by atoms with Gasteiger partial charge in [-0.25, -0.2) is 9.67 Å². The maximum Gasteiger partial charge on any atom is 0.305 e. The van der Waals surface area contributed by atoms with Crippen molar-refractivity contribution >= 4 is 17.6 Å². The van der Waals surface area contributed by atoms with Gasteiger partial charge < -0.3 is 30.0 Å². The van der Waals surface area contributed by atoms with Gasteiger partial charge in [-0.1, -0.05) is 12.1 Å². The molecule has 0 radical (unpaired) electrons. The Morgan fingerprint density at radius 2 is 2.00 bits per heavy atom.